The van der Waals surface area contributed by atoms with Gasteiger partial charge in [0.2, 0.25) is 0 Å². The van der Waals surface area contributed by atoms with Gasteiger partial charge in [0, 0.05) is 23.5 Å². The molecule has 1 heterocycles. The first-order valence-electron chi connectivity index (χ1n) is 6.69. The molecule has 2 nitrogen and oxygen atoms in total. The summed E-state index contributed by atoms with van der Waals surface area (Å²) in [5, 5.41) is 1.50. The molecule has 1 aromatic carbocycles. The second-order valence-electron chi connectivity index (χ2n) is 5.46. The lowest BCUT2D eigenvalue weighted by molar-refractivity contribution is -0.413. The number of quaternary nitrogens is 1. The van der Waals surface area contributed by atoms with Gasteiger partial charge in [-0.2, -0.15) is 0 Å². The Hall–Kier alpha value is -1.28. The summed E-state index contributed by atoms with van der Waals surface area (Å²) in [6, 6.07) is 5.04. The lowest BCUT2D eigenvalue weighted by Gasteiger charge is -2.17. The third-order valence-electron chi connectivity index (χ3n) is 3.82. The maximum Gasteiger partial charge on any atom is 0.0856 e. The smallest absolute Gasteiger partial charge is 0.0856 e. The van der Waals surface area contributed by atoms with Crippen LogP contribution in [0.5, 0.6) is 0 Å². The fourth-order valence-corrected chi connectivity index (χ4v) is 3.09. The van der Waals surface area contributed by atoms with Crippen molar-refractivity contribution in [2.45, 2.75) is 45.1 Å². The Labute approximate surface area is 102 Å². The van der Waals surface area contributed by atoms with Crippen LogP contribution in [0.15, 0.2) is 18.3 Å². The van der Waals surface area contributed by atoms with Crippen LogP contribution in [-0.2, 0) is 19.3 Å². The third-order valence-corrected chi connectivity index (χ3v) is 3.82. The molecule has 0 fully saturated rings. The van der Waals surface area contributed by atoms with Gasteiger partial charge in [-0.1, -0.05) is 6.07 Å². The van der Waals surface area contributed by atoms with Crippen LogP contribution in [0.2, 0.25) is 0 Å². The van der Waals surface area contributed by atoms with E-state index in [9.17, 15) is 0 Å². The molecule has 1 atom stereocenters. The van der Waals surface area contributed by atoms with Crippen LogP contribution in [0.1, 0.15) is 36.5 Å². The summed E-state index contributed by atoms with van der Waals surface area (Å²) in [6.07, 6.45) is 8.47. The predicted octanol–water partition coefficient (Wildman–Crippen LogP) is 2.22. The number of hydrogen-bond donors (Lipinski definition) is 2. The number of H-pyrrole nitrogens is 1. The van der Waals surface area contributed by atoms with Crippen molar-refractivity contribution in [2.75, 3.05) is 0 Å². The standard InChI is InChI=1S/C15H20N2/c1-10(16)8-12-9-17-14-7-6-11-4-2-3-5-13(11)15(12)14/h6-7,9-10,17H,2-5,8,16H2,1H3/p+1. The summed E-state index contributed by atoms with van der Waals surface area (Å²) in [5.41, 5.74) is 10.1. The van der Waals surface area contributed by atoms with E-state index in [2.05, 4.69) is 36.0 Å². The SMILES string of the molecule is CC([NH3+])Cc1c[nH]c2ccc3c(c12)CCCC3. The lowest BCUT2D eigenvalue weighted by Crippen LogP contribution is -2.60. The van der Waals surface area contributed by atoms with E-state index in [4.69, 9.17) is 0 Å². The van der Waals surface area contributed by atoms with Gasteiger partial charge >= 0.3 is 0 Å². The van der Waals surface area contributed by atoms with E-state index in [0.717, 1.165) is 6.42 Å². The first-order valence-corrected chi connectivity index (χ1v) is 6.69. The Morgan fingerprint density at radius 1 is 1.29 bits per heavy atom. The van der Waals surface area contributed by atoms with Crippen molar-refractivity contribution in [3.8, 4) is 0 Å². The molecule has 1 aliphatic rings. The summed E-state index contributed by atoms with van der Waals surface area (Å²) < 4.78 is 0. The highest BCUT2D eigenvalue weighted by molar-refractivity contribution is 5.88. The van der Waals surface area contributed by atoms with Gasteiger partial charge in [0.1, 0.15) is 0 Å². The minimum atomic E-state index is 0.480. The Balaban J connectivity index is 2.17. The van der Waals surface area contributed by atoms with Crippen molar-refractivity contribution in [1.82, 2.24) is 4.98 Å². The number of benzene rings is 1. The summed E-state index contributed by atoms with van der Waals surface area (Å²) in [4.78, 5) is 3.42. The monoisotopic (exact) mass is 229 g/mol. The highest BCUT2D eigenvalue weighted by Gasteiger charge is 2.16. The maximum absolute atomic E-state index is 4.12. The molecule has 3 rings (SSSR count). The molecule has 2 heteroatoms. The van der Waals surface area contributed by atoms with Gasteiger partial charge in [-0.25, -0.2) is 0 Å². The number of hydrogen-bond acceptors (Lipinski definition) is 0. The highest BCUT2D eigenvalue weighted by atomic mass is 14.7. The first kappa shape index (κ1) is 10.8. The van der Waals surface area contributed by atoms with Crippen molar-refractivity contribution in [3.05, 3.63) is 35.0 Å². The van der Waals surface area contributed by atoms with Crippen LogP contribution in [0.4, 0.5) is 0 Å². The largest absolute Gasteiger partial charge is 0.361 e. The van der Waals surface area contributed by atoms with Crippen LogP contribution in [-0.4, -0.2) is 11.0 Å². The van der Waals surface area contributed by atoms with E-state index >= 15 is 0 Å². The van der Waals surface area contributed by atoms with Gasteiger partial charge in [0.25, 0.3) is 0 Å². The molecule has 1 aliphatic carbocycles. The van der Waals surface area contributed by atoms with Gasteiger partial charge < -0.3 is 10.7 Å². The lowest BCUT2D eigenvalue weighted by atomic mass is 9.87. The molecular weight excluding hydrogens is 208 g/mol. The van der Waals surface area contributed by atoms with E-state index in [1.54, 1.807) is 11.1 Å². The molecule has 0 saturated carbocycles. The van der Waals surface area contributed by atoms with Gasteiger partial charge in [-0.3, -0.25) is 0 Å². The van der Waals surface area contributed by atoms with E-state index in [0.29, 0.717) is 6.04 Å². The molecule has 0 saturated heterocycles. The van der Waals surface area contributed by atoms with Crippen LogP contribution in [0.3, 0.4) is 0 Å². The number of aromatic nitrogens is 1. The van der Waals surface area contributed by atoms with Crippen LogP contribution >= 0.6 is 0 Å². The van der Waals surface area contributed by atoms with Gasteiger partial charge in [-0.05, 0) is 55.4 Å². The molecule has 4 N–H and O–H groups in total. The molecule has 90 valence electrons. The second kappa shape index (κ2) is 4.19. The molecule has 0 aliphatic heterocycles. The zero-order valence-electron chi connectivity index (χ0n) is 10.6. The van der Waals surface area contributed by atoms with E-state index < -0.39 is 0 Å². The normalized spacial score (nSPS) is 17.1. The molecule has 17 heavy (non-hydrogen) atoms. The fourth-order valence-electron chi connectivity index (χ4n) is 3.09. The van der Waals surface area contributed by atoms with Crippen LogP contribution < -0.4 is 5.73 Å². The quantitative estimate of drug-likeness (QED) is 0.793. The third kappa shape index (κ3) is 1.87. The number of rotatable bonds is 2. The molecule has 0 amide bonds. The first-order chi connectivity index (χ1) is 8.25. The van der Waals surface area contributed by atoms with Crippen molar-refractivity contribution >= 4 is 10.9 Å². The topological polar surface area (TPSA) is 43.4 Å². The van der Waals surface area contributed by atoms with E-state index in [-0.39, 0.29) is 0 Å². The van der Waals surface area contributed by atoms with Crippen molar-refractivity contribution in [3.63, 3.8) is 0 Å². The Kier molecular flexibility index (Phi) is 2.67. The molecule has 1 unspecified atom stereocenters. The van der Waals surface area contributed by atoms with Crippen LogP contribution in [0, 0.1) is 0 Å². The number of aromatic amines is 1. The maximum atomic E-state index is 4.12. The number of fused-ring (bicyclic) bond motifs is 3. The molecular formula is C15H21N2+. The summed E-state index contributed by atoms with van der Waals surface area (Å²) in [5.74, 6) is 0. The Bertz CT molecular complexity index is 537. The average Bonchev–Trinajstić information content (AvgIpc) is 2.72. The summed E-state index contributed by atoms with van der Waals surface area (Å²) in [7, 11) is 0. The second-order valence-corrected chi connectivity index (χ2v) is 5.46. The summed E-state index contributed by atoms with van der Waals surface area (Å²) >= 11 is 0. The molecule has 0 spiro atoms. The zero-order valence-corrected chi connectivity index (χ0v) is 10.6. The number of aryl methyl sites for hydroxylation is 2. The fraction of sp³-hybridized carbons (Fsp3) is 0.467. The Morgan fingerprint density at radius 3 is 2.94 bits per heavy atom. The van der Waals surface area contributed by atoms with Crippen molar-refractivity contribution < 1.29 is 5.73 Å². The molecule has 2 aromatic rings. The van der Waals surface area contributed by atoms with E-state index in [1.807, 2.05) is 0 Å². The van der Waals surface area contributed by atoms with E-state index in [1.165, 1.54) is 42.1 Å². The number of nitrogens with one attached hydrogen (secondary N) is 1. The van der Waals surface area contributed by atoms with Crippen molar-refractivity contribution in [2.24, 2.45) is 0 Å². The summed E-state index contributed by atoms with van der Waals surface area (Å²) in [6.45, 7) is 2.19. The predicted molar refractivity (Wildman–Crippen MR) is 71.0 cm³/mol. The molecule has 0 radical (unpaired) electrons. The highest BCUT2D eigenvalue weighted by Crippen LogP contribution is 2.31. The zero-order chi connectivity index (χ0) is 11.8. The average molecular weight is 229 g/mol. The van der Waals surface area contributed by atoms with Crippen molar-refractivity contribution in [1.29, 1.82) is 0 Å². The molecule has 0 bridgehead atoms. The molecule has 1 aromatic heterocycles. The minimum absolute atomic E-state index is 0.480. The van der Waals surface area contributed by atoms with Gasteiger partial charge in [0.05, 0.1) is 6.04 Å². The van der Waals surface area contributed by atoms with Gasteiger partial charge in [0.15, 0.2) is 0 Å². The van der Waals surface area contributed by atoms with Crippen LogP contribution in [0.25, 0.3) is 10.9 Å². The van der Waals surface area contributed by atoms with Gasteiger partial charge in [-0.15, -0.1) is 0 Å². The minimum Gasteiger partial charge on any atom is -0.361 e. The Morgan fingerprint density at radius 2 is 2.12 bits per heavy atom.